The number of amides is 1. The van der Waals surface area contributed by atoms with E-state index in [0.717, 1.165) is 6.07 Å². The molecule has 0 fully saturated rings. The molecular weight excluding hydrogens is 405 g/mol. The number of nitriles is 1. The highest BCUT2D eigenvalue weighted by Gasteiger charge is 2.32. The summed E-state index contributed by atoms with van der Waals surface area (Å²) >= 11 is 0. The maximum absolute atomic E-state index is 13.6. The van der Waals surface area contributed by atoms with Crippen molar-refractivity contribution < 1.29 is 19.0 Å². The number of halogens is 1. The number of fused-ring (bicyclic) bond motifs is 1. The number of rotatable bonds is 5. The van der Waals surface area contributed by atoms with E-state index in [1.54, 1.807) is 31.4 Å². The number of carbonyl (C=O) groups excluding carboxylic acids is 1. The van der Waals surface area contributed by atoms with E-state index in [9.17, 15) is 14.3 Å². The zero-order valence-corrected chi connectivity index (χ0v) is 16.4. The van der Waals surface area contributed by atoms with Gasteiger partial charge in [-0.15, -0.1) is 10.2 Å². The number of aliphatic hydroxyl groups is 1. The molecule has 1 amide bonds. The van der Waals surface area contributed by atoms with E-state index in [0.29, 0.717) is 23.0 Å². The number of nitrogens with one attached hydrogen (secondary N) is 2. The van der Waals surface area contributed by atoms with Crippen molar-refractivity contribution in [2.45, 2.75) is 18.7 Å². The number of aromatic nitrogens is 4. The molecule has 10 nitrogen and oxygen atoms in total. The molecule has 4 rings (SSSR count). The van der Waals surface area contributed by atoms with Gasteiger partial charge in [-0.3, -0.25) is 15.0 Å². The lowest BCUT2D eigenvalue weighted by atomic mass is 10.1. The molecule has 11 heteroatoms. The van der Waals surface area contributed by atoms with Crippen LogP contribution < -0.4 is 15.0 Å². The summed E-state index contributed by atoms with van der Waals surface area (Å²) in [6.07, 6.45) is 0.410. The molecule has 0 bridgehead atoms. The Morgan fingerprint density at radius 3 is 3.10 bits per heavy atom. The monoisotopic (exact) mass is 423 g/mol. The third kappa shape index (κ3) is 4.35. The molecule has 31 heavy (non-hydrogen) atoms. The maximum atomic E-state index is 13.6. The summed E-state index contributed by atoms with van der Waals surface area (Å²) < 4.78 is 19.3. The summed E-state index contributed by atoms with van der Waals surface area (Å²) in [6.45, 7) is -0.0137. The topological polar surface area (TPSA) is 140 Å². The van der Waals surface area contributed by atoms with Gasteiger partial charge in [0.2, 0.25) is 5.91 Å². The summed E-state index contributed by atoms with van der Waals surface area (Å²) in [7, 11) is 1.57. The van der Waals surface area contributed by atoms with Gasteiger partial charge in [-0.2, -0.15) is 5.26 Å². The quantitative estimate of drug-likeness (QED) is 0.512. The SMILES string of the molecule is CN1C(=O)[C@@H](NC(O)c2nnc(Cc3cc(F)cc(C#N)c3)[nH]2)COc2cccnc21. The van der Waals surface area contributed by atoms with Crippen molar-refractivity contribution in [3.8, 4) is 11.8 Å². The van der Waals surface area contributed by atoms with Crippen LogP contribution in [0.5, 0.6) is 5.75 Å². The highest BCUT2D eigenvalue weighted by Crippen LogP contribution is 2.27. The van der Waals surface area contributed by atoms with Crippen LogP contribution in [0.3, 0.4) is 0 Å². The van der Waals surface area contributed by atoms with Gasteiger partial charge in [0.15, 0.2) is 23.6 Å². The first-order valence-electron chi connectivity index (χ1n) is 9.35. The van der Waals surface area contributed by atoms with Crippen LogP contribution in [0.25, 0.3) is 0 Å². The Kier molecular flexibility index (Phi) is 5.57. The maximum Gasteiger partial charge on any atom is 0.248 e. The predicted octanol–water partition coefficient (Wildman–Crippen LogP) is 0.806. The lowest BCUT2D eigenvalue weighted by molar-refractivity contribution is -0.121. The number of hydrogen-bond acceptors (Lipinski definition) is 8. The lowest BCUT2D eigenvalue weighted by Gasteiger charge is -2.21. The molecule has 0 saturated carbocycles. The van der Waals surface area contributed by atoms with Crippen LogP contribution >= 0.6 is 0 Å². The molecule has 0 saturated heterocycles. The molecule has 2 atom stereocenters. The van der Waals surface area contributed by atoms with Gasteiger partial charge < -0.3 is 14.8 Å². The fraction of sp³-hybridized carbons (Fsp3) is 0.250. The van der Waals surface area contributed by atoms with Crippen molar-refractivity contribution in [3.63, 3.8) is 0 Å². The average Bonchev–Trinajstić information content (AvgIpc) is 3.19. The number of H-pyrrole nitrogens is 1. The largest absolute Gasteiger partial charge is 0.488 e. The average molecular weight is 423 g/mol. The first kappa shape index (κ1) is 20.4. The Hall–Kier alpha value is -3.88. The second-order valence-electron chi connectivity index (χ2n) is 6.95. The van der Waals surface area contributed by atoms with Crippen molar-refractivity contribution in [2.75, 3.05) is 18.6 Å². The van der Waals surface area contributed by atoms with Crippen LogP contribution in [0.1, 0.15) is 29.0 Å². The molecule has 0 spiro atoms. The number of aromatic amines is 1. The van der Waals surface area contributed by atoms with Crippen LogP contribution in [0.4, 0.5) is 10.2 Å². The van der Waals surface area contributed by atoms with Gasteiger partial charge in [-0.25, -0.2) is 9.37 Å². The van der Waals surface area contributed by atoms with Crippen LogP contribution in [0, 0.1) is 17.1 Å². The zero-order chi connectivity index (χ0) is 22.0. The number of pyridine rings is 1. The predicted molar refractivity (Wildman–Crippen MR) is 105 cm³/mol. The second-order valence-corrected chi connectivity index (χ2v) is 6.95. The zero-order valence-electron chi connectivity index (χ0n) is 16.4. The smallest absolute Gasteiger partial charge is 0.248 e. The van der Waals surface area contributed by atoms with Crippen molar-refractivity contribution in [1.29, 1.82) is 5.26 Å². The van der Waals surface area contributed by atoms with Crippen molar-refractivity contribution in [2.24, 2.45) is 0 Å². The van der Waals surface area contributed by atoms with Gasteiger partial charge in [-0.1, -0.05) is 0 Å². The molecule has 2 aromatic heterocycles. The summed E-state index contributed by atoms with van der Waals surface area (Å²) in [5.41, 5.74) is 0.726. The summed E-state index contributed by atoms with van der Waals surface area (Å²) in [5, 5.41) is 30.1. The first-order valence-corrected chi connectivity index (χ1v) is 9.35. The number of aliphatic hydroxyl groups excluding tert-OH is 1. The van der Waals surface area contributed by atoms with E-state index < -0.39 is 18.1 Å². The Bertz CT molecular complexity index is 1160. The van der Waals surface area contributed by atoms with Gasteiger partial charge >= 0.3 is 0 Å². The minimum atomic E-state index is -1.33. The molecule has 1 unspecified atom stereocenters. The van der Waals surface area contributed by atoms with Gasteiger partial charge in [-0.05, 0) is 35.9 Å². The minimum absolute atomic E-state index is 0.0137. The van der Waals surface area contributed by atoms with E-state index in [1.165, 1.54) is 11.0 Å². The van der Waals surface area contributed by atoms with Crippen LogP contribution in [0.2, 0.25) is 0 Å². The van der Waals surface area contributed by atoms with E-state index in [1.807, 2.05) is 6.07 Å². The van der Waals surface area contributed by atoms with Gasteiger partial charge in [0, 0.05) is 19.7 Å². The molecule has 3 heterocycles. The van der Waals surface area contributed by atoms with E-state index in [-0.39, 0.29) is 30.3 Å². The number of hydrogen-bond donors (Lipinski definition) is 3. The second kappa shape index (κ2) is 8.47. The fourth-order valence-corrected chi connectivity index (χ4v) is 3.24. The molecular formula is C20H18FN7O3. The van der Waals surface area contributed by atoms with Gasteiger partial charge in [0.1, 0.15) is 24.3 Å². The summed E-state index contributed by atoms with van der Waals surface area (Å²) in [5.74, 6) is 0.442. The number of benzene rings is 1. The van der Waals surface area contributed by atoms with Crippen LogP contribution in [-0.2, 0) is 11.2 Å². The number of nitrogens with zero attached hydrogens (tertiary/aromatic N) is 5. The normalized spacial score (nSPS) is 16.8. The Labute approximate surface area is 176 Å². The number of anilines is 1. The van der Waals surface area contributed by atoms with E-state index in [4.69, 9.17) is 10.00 Å². The number of likely N-dealkylation sites (N-methyl/N-ethyl adjacent to an activating group) is 1. The first-order chi connectivity index (χ1) is 14.9. The molecule has 1 aliphatic rings. The Morgan fingerprint density at radius 1 is 1.45 bits per heavy atom. The van der Waals surface area contributed by atoms with Crippen molar-refractivity contribution in [1.82, 2.24) is 25.5 Å². The summed E-state index contributed by atoms with van der Waals surface area (Å²) in [4.78, 5) is 21.1. The molecule has 158 valence electrons. The fourth-order valence-electron chi connectivity index (χ4n) is 3.24. The van der Waals surface area contributed by atoms with Crippen molar-refractivity contribution in [3.05, 3.63) is 65.1 Å². The van der Waals surface area contributed by atoms with Crippen LogP contribution in [0.15, 0.2) is 36.5 Å². The third-order valence-electron chi connectivity index (χ3n) is 4.73. The Morgan fingerprint density at radius 2 is 2.29 bits per heavy atom. The summed E-state index contributed by atoms with van der Waals surface area (Å²) in [6, 6.07) is 8.42. The molecule has 0 aliphatic carbocycles. The standard InChI is InChI=1S/C20H18FN7O3/c1-28-18-15(3-2-4-23-18)31-10-14(20(28)30)24-19(29)17-25-16(26-27-17)8-11-5-12(9-22)7-13(21)6-11/h2-7,14,19,24,29H,8,10H2,1H3,(H,25,26,27)/t14-,19?/m0/s1. The molecule has 3 N–H and O–H groups in total. The highest BCUT2D eigenvalue weighted by atomic mass is 19.1. The third-order valence-corrected chi connectivity index (χ3v) is 4.73. The van der Waals surface area contributed by atoms with Gasteiger partial charge in [0.05, 0.1) is 11.6 Å². The van der Waals surface area contributed by atoms with E-state index >= 15 is 0 Å². The Balaban J connectivity index is 1.45. The highest BCUT2D eigenvalue weighted by molar-refractivity contribution is 5.97. The number of ether oxygens (including phenoxy) is 1. The van der Waals surface area contributed by atoms with E-state index in [2.05, 4.69) is 25.5 Å². The minimum Gasteiger partial charge on any atom is -0.488 e. The molecule has 0 radical (unpaired) electrons. The lowest BCUT2D eigenvalue weighted by Crippen LogP contribution is -2.48. The molecule has 3 aromatic rings. The molecule has 1 aromatic carbocycles. The van der Waals surface area contributed by atoms with Gasteiger partial charge in [0.25, 0.3) is 0 Å². The number of carbonyl (C=O) groups is 1. The van der Waals surface area contributed by atoms with Crippen LogP contribution in [-0.4, -0.2) is 50.9 Å². The molecule has 1 aliphatic heterocycles. The van der Waals surface area contributed by atoms with Crippen molar-refractivity contribution >= 4 is 11.7 Å².